The molecule has 7 heteroatoms. The van der Waals surface area contributed by atoms with E-state index in [-0.39, 0.29) is 21.2 Å². The third-order valence-electron chi connectivity index (χ3n) is 13.0. The van der Waals surface area contributed by atoms with Gasteiger partial charge < -0.3 is 9.47 Å². The molecular weight excluding hydrogens is 824 g/mol. The third kappa shape index (κ3) is 4.63. The summed E-state index contributed by atoms with van der Waals surface area (Å²) in [5, 5.41) is 17.8. The minimum absolute atomic E-state index is 0.00736. The maximum atomic E-state index is 10.5. The van der Waals surface area contributed by atoms with Crippen LogP contribution >= 0.6 is 0 Å². The number of fused-ring (bicyclic) bond motifs is 14. The van der Waals surface area contributed by atoms with Gasteiger partial charge in [-0.3, -0.25) is 0 Å². The van der Waals surface area contributed by atoms with Gasteiger partial charge in [0.2, 0.25) is 0 Å². The van der Waals surface area contributed by atoms with Gasteiger partial charge in [0.1, 0.15) is 23.0 Å². The topological polar surface area (TPSA) is 52.1 Å². The number of hydrogen-bond acceptors (Lipinski definition) is 3. The van der Waals surface area contributed by atoms with Crippen molar-refractivity contribution < 1.29 is 9.47 Å². The molecule has 286 valence electrons. The summed E-state index contributed by atoms with van der Waals surface area (Å²) in [6.07, 6.45) is 0. The predicted molar refractivity (Wildman–Crippen MR) is 255 cm³/mol. The summed E-state index contributed by atoms with van der Waals surface area (Å²) in [5.74, 6) is 3.35. The molecule has 0 bridgehead atoms. The number of nitrogens with zero attached hydrogens (tertiary/aromatic N) is 3. The monoisotopic (exact) mass is 855 g/mol. The Balaban J connectivity index is 1.02. The van der Waals surface area contributed by atoms with Crippen molar-refractivity contribution in [3.8, 4) is 51.6 Å². The van der Waals surface area contributed by atoms with E-state index in [1.165, 1.54) is 35.6 Å². The standard InChI is InChI=1S/C55H30BN3O2Se/c57-31-32-26-33(36-15-11-16-38-37-12-3-10-23-51(37)62-55(36)38)28-34(27-32)58-43-19-6-1-13-39(43)52-45(58)24-25-46-53(52)40-14-2-7-20-44(40)59(46)35-29-49-54-50(30-35)61-48-22-9-5-18-42(48)56(54)41-17-4-8-21-47(41)60-49/h1-30H. The number of rotatable bonds is 3. The molecule has 0 saturated carbocycles. The average molecular weight is 855 g/mol. The summed E-state index contributed by atoms with van der Waals surface area (Å²) in [6, 6.07) is 67.2. The molecule has 5 nitrogen and oxygen atoms in total. The molecule has 0 fully saturated rings. The van der Waals surface area contributed by atoms with E-state index in [4.69, 9.17) is 9.47 Å². The van der Waals surface area contributed by atoms with Gasteiger partial charge in [0.15, 0.2) is 0 Å². The van der Waals surface area contributed by atoms with Crippen molar-refractivity contribution in [3.05, 3.63) is 188 Å². The Hall–Kier alpha value is -7.75. The minimum atomic E-state index is 0.00736. The van der Waals surface area contributed by atoms with Crippen molar-refractivity contribution in [1.29, 1.82) is 5.26 Å². The Morgan fingerprint density at radius 3 is 1.66 bits per heavy atom. The molecule has 2 aliphatic rings. The zero-order chi connectivity index (χ0) is 40.6. The SMILES string of the molecule is N#Cc1cc(-c2cccc3c2[se]c2ccccc23)cc(-n2c3ccccc3c3c4c5ccccc5n(-c5cc6c7c(c5)Oc5ccccc5B7c5ccccc5O6)c4ccc32)c1. The van der Waals surface area contributed by atoms with Gasteiger partial charge >= 0.3 is 241 Å². The number of ether oxygens (including phenoxy) is 2. The molecule has 9 aromatic carbocycles. The fourth-order valence-electron chi connectivity index (χ4n) is 10.5. The molecule has 0 N–H and O–H groups in total. The van der Waals surface area contributed by atoms with Gasteiger partial charge in [-0.2, -0.15) is 0 Å². The van der Waals surface area contributed by atoms with Gasteiger partial charge in [0.05, 0.1) is 0 Å². The first-order chi connectivity index (χ1) is 30.7. The first-order valence-corrected chi connectivity index (χ1v) is 22.5. The van der Waals surface area contributed by atoms with Crippen LogP contribution in [0.5, 0.6) is 23.0 Å². The molecule has 0 unspecified atom stereocenters. The van der Waals surface area contributed by atoms with E-state index in [2.05, 4.69) is 179 Å². The molecular formula is C55H30BN3O2Se. The van der Waals surface area contributed by atoms with Gasteiger partial charge in [-0.1, -0.05) is 42.5 Å². The summed E-state index contributed by atoms with van der Waals surface area (Å²) in [4.78, 5) is 0. The molecule has 62 heavy (non-hydrogen) atoms. The van der Waals surface area contributed by atoms with Crippen molar-refractivity contribution >= 4 is 101 Å². The Bertz CT molecular complexity index is 3910. The van der Waals surface area contributed by atoms with Crippen LogP contribution in [-0.2, 0) is 0 Å². The van der Waals surface area contributed by atoms with E-state index in [0.29, 0.717) is 5.56 Å². The first kappa shape index (κ1) is 34.0. The van der Waals surface area contributed by atoms with Crippen molar-refractivity contribution in [3.63, 3.8) is 0 Å². The first-order valence-electron chi connectivity index (χ1n) is 20.8. The molecule has 5 heterocycles. The van der Waals surface area contributed by atoms with Crippen molar-refractivity contribution in [1.82, 2.24) is 9.13 Å². The van der Waals surface area contributed by atoms with E-state index < -0.39 is 0 Å². The van der Waals surface area contributed by atoms with Crippen molar-refractivity contribution in [2.45, 2.75) is 0 Å². The second kappa shape index (κ2) is 12.6. The summed E-state index contributed by atoms with van der Waals surface area (Å²) >= 11 is 0.169. The van der Waals surface area contributed by atoms with Crippen LogP contribution in [0.3, 0.4) is 0 Å². The molecule has 12 aromatic rings. The molecule has 0 atom stereocenters. The average Bonchev–Trinajstić information content (AvgIpc) is 3.99. The van der Waals surface area contributed by atoms with E-state index in [0.717, 1.165) is 89.2 Å². The predicted octanol–water partition coefficient (Wildman–Crippen LogP) is 11.5. The van der Waals surface area contributed by atoms with Gasteiger partial charge in [-0.25, -0.2) is 0 Å². The number of aromatic nitrogens is 2. The summed E-state index contributed by atoms with van der Waals surface area (Å²) in [5.41, 5.74) is 12.5. The Labute approximate surface area is 361 Å². The Morgan fingerprint density at radius 2 is 1.02 bits per heavy atom. The number of nitriles is 1. The van der Waals surface area contributed by atoms with Crippen LogP contribution in [0, 0.1) is 11.3 Å². The number of hydrogen-bond donors (Lipinski definition) is 0. The summed E-state index contributed by atoms with van der Waals surface area (Å²) in [6.45, 7) is 0.00736. The fraction of sp³-hybridized carbons (Fsp3) is 0. The maximum absolute atomic E-state index is 10.5. The van der Waals surface area contributed by atoms with Crippen LogP contribution in [0.2, 0.25) is 0 Å². The van der Waals surface area contributed by atoms with Crippen molar-refractivity contribution in [2.24, 2.45) is 0 Å². The molecule has 0 aliphatic carbocycles. The van der Waals surface area contributed by atoms with Crippen LogP contribution in [0.25, 0.3) is 85.4 Å². The third-order valence-corrected chi connectivity index (χ3v) is 15.6. The zero-order valence-corrected chi connectivity index (χ0v) is 34.7. The second-order valence-electron chi connectivity index (χ2n) is 16.3. The molecule has 0 spiro atoms. The number of benzene rings is 9. The molecule has 0 amide bonds. The Kier molecular flexibility index (Phi) is 6.94. The normalized spacial score (nSPS) is 12.7. The second-order valence-corrected chi connectivity index (χ2v) is 18.5. The van der Waals surface area contributed by atoms with Gasteiger partial charge in [-0.05, 0) is 23.1 Å². The Morgan fingerprint density at radius 1 is 0.468 bits per heavy atom. The van der Waals surface area contributed by atoms with Crippen LogP contribution in [0.4, 0.5) is 0 Å². The van der Waals surface area contributed by atoms with Gasteiger partial charge in [0, 0.05) is 17.6 Å². The zero-order valence-electron chi connectivity index (χ0n) is 33.0. The van der Waals surface area contributed by atoms with Crippen LogP contribution in [0.15, 0.2) is 182 Å². The molecule has 14 rings (SSSR count). The van der Waals surface area contributed by atoms with E-state index in [9.17, 15) is 5.26 Å². The van der Waals surface area contributed by atoms with Crippen LogP contribution in [-0.4, -0.2) is 30.4 Å². The molecule has 0 saturated heterocycles. The number of para-hydroxylation sites is 4. The molecule has 0 radical (unpaired) electrons. The van der Waals surface area contributed by atoms with E-state index >= 15 is 0 Å². The fourth-order valence-corrected chi connectivity index (χ4v) is 13.1. The van der Waals surface area contributed by atoms with Crippen molar-refractivity contribution in [2.75, 3.05) is 0 Å². The quantitative estimate of drug-likeness (QED) is 0.166. The van der Waals surface area contributed by atoms with Crippen LogP contribution < -0.4 is 25.9 Å². The summed E-state index contributed by atoms with van der Waals surface area (Å²) < 4.78 is 21.0. The molecule has 3 aromatic heterocycles. The summed E-state index contributed by atoms with van der Waals surface area (Å²) in [7, 11) is 0. The van der Waals surface area contributed by atoms with Gasteiger partial charge in [0.25, 0.3) is 6.71 Å². The van der Waals surface area contributed by atoms with Gasteiger partial charge in [-0.15, -0.1) is 0 Å². The van der Waals surface area contributed by atoms with E-state index in [1.54, 1.807) is 0 Å². The molecule has 2 aliphatic heterocycles. The van der Waals surface area contributed by atoms with E-state index in [1.807, 2.05) is 18.2 Å². The van der Waals surface area contributed by atoms with Crippen LogP contribution in [0.1, 0.15) is 5.56 Å².